The zero-order valence-corrected chi connectivity index (χ0v) is 11.9. The van der Waals surface area contributed by atoms with Crippen LogP contribution in [-0.4, -0.2) is 24.5 Å². The first-order valence-corrected chi connectivity index (χ1v) is 7.37. The van der Waals surface area contributed by atoms with Gasteiger partial charge in [-0.25, -0.2) is 4.90 Å². The van der Waals surface area contributed by atoms with Gasteiger partial charge in [-0.15, -0.1) is 0 Å². The summed E-state index contributed by atoms with van der Waals surface area (Å²) < 4.78 is 5.67. The van der Waals surface area contributed by atoms with Gasteiger partial charge in [-0.3, -0.25) is 9.59 Å². The zero-order valence-electron chi connectivity index (χ0n) is 11.9. The molecule has 2 aliphatic heterocycles. The number of carbonyl (C=O) groups is 2. The third-order valence-corrected chi connectivity index (χ3v) is 4.43. The number of anilines is 1. The number of para-hydroxylation sites is 1. The maximum absolute atomic E-state index is 12.8. The lowest BCUT2D eigenvalue weighted by molar-refractivity contribution is -0.125. The van der Waals surface area contributed by atoms with Crippen molar-refractivity contribution < 1.29 is 14.3 Å². The summed E-state index contributed by atoms with van der Waals surface area (Å²) in [5, 5.41) is 0. The molecule has 2 heterocycles. The summed E-state index contributed by atoms with van der Waals surface area (Å²) in [6.07, 6.45) is -0.655. The van der Waals surface area contributed by atoms with Gasteiger partial charge in [0, 0.05) is 5.92 Å². The van der Waals surface area contributed by atoms with Crippen LogP contribution in [0.5, 0.6) is 0 Å². The van der Waals surface area contributed by atoms with Crippen molar-refractivity contribution in [2.24, 2.45) is 5.92 Å². The molecule has 4 heteroatoms. The maximum atomic E-state index is 12.8. The molecule has 0 aromatic heterocycles. The van der Waals surface area contributed by atoms with E-state index in [2.05, 4.69) is 0 Å². The van der Waals surface area contributed by atoms with Crippen molar-refractivity contribution >= 4 is 17.5 Å². The highest BCUT2D eigenvalue weighted by Crippen LogP contribution is 2.42. The normalized spacial score (nSPS) is 27.3. The Labute approximate surface area is 128 Å². The van der Waals surface area contributed by atoms with E-state index in [1.807, 2.05) is 48.5 Å². The second-order valence-corrected chi connectivity index (χ2v) is 5.64. The summed E-state index contributed by atoms with van der Waals surface area (Å²) in [6.45, 7) is 0.416. The molecule has 0 saturated carbocycles. The van der Waals surface area contributed by atoms with E-state index in [1.54, 1.807) is 12.1 Å². The van der Waals surface area contributed by atoms with Gasteiger partial charge >= 0.3 is 0 Å². The van der Waals surface area contributed by atoms with E-state index in [0.29, 0.717) is 12.3 Å². The van der Waals surface area contributed by atoms with Gasteiger partial charge in [-0.1, -0.05) is 48.5 Å². The lowest BCUT2D eigenvalue weighted by Crippen LogP contribution is -2.33. The minimum absolute atomic E-state index is 0.0589. The SMILES string of the molecule is O=C1[C@@H]2[C@@H](OC[C@H]2c2ccccc2)C(=O)N1c1ccccc1. The van der Waals surface area contributed by atoms with E-state index in [4.69, 9.17) is 4.74 Å². The van der Waals surface area contributed by atoms with Crippen LogP contribution in [0.3, 0.4) is 0 Å². The number of fused-ring (bicyclic) bond motifs is 1. The van der Waals surface area contributed by atoms with Crippen molar-refractivity contribution in [2.75, 3.05) is 11.5 Å². The van der Waals surface area contributed by atoms with E-state index in [9.17, 15) is 9.59 Å². The van der Waals surface area contributed by atoms with Crippen molar-refractivity contribution in [1.29, 1.82) is 0 Å². The van der Waals surface area contributed by atoms with Crippen molar-refractivity contribution in [3.63, 3.8) is 0 Å². The third kappa shape index (κ3) is 1.88. The fourth-order valence-electron chi connectivity index (χ4n) is 3.37. The smallest absolute Gasteiger partial charge is 0.263 e. The minimum atomic E-state index is -0.655. The average Bonchev–Trinajstić information content (AvgIpc) is 3.10. The van der Waals surface area contributed by atoms with Crippen molar-refractivity contribution in [1.82, 2.24) is 0 Å². The summed E-state index contributed by atoms with van der Waals surface area (Å²) in [5.41, 5.74) is 1.66. The molecule has 22 heavy (non-hydrogen) atoms. The van der Waals surface area contributed by atoms with Crippen LogP contribution in [0.2, 0.25) is 0 Å². The number of hydrogen-bond donors (Lipinski definition) is 0. The van der Waals surface area contributed by atoms with Gasteiger partial charge in [0.2, 0.25) is 5.91 Å². The number of imide groups is 1. The topological polar surface area (TPSA) is 46.6 Å². The Hall–Kier alpha value is -2.46. The fourth-order valence-corrected chi connectivity index (χ4v) is 3.37. The Morgan fingerprint density at radius 2 is 1.50 bits per heavy atom. The van der Waals surface area contributed by atoms with Gasteiger partial charge in [-0.05, 0) is 17.7 Å². The Morgan fingerprint density at radius 3 is 2.18 bits per heavy atom. The van der Waals surface area contributed by atoms with E-state index >= 15 is 0 Å². The van der Waals surface area contributed by atoms with E-state index < -0.39 is 12.0 Å². The molecule has 0 unspecified atom stereocenters. The van der Waals surface area contributed by atoms with Crippen molar-refractivity contribution in [3.8, 4) is 0 Å². The lowest BCUT2D eigenvalue weighted by atomic mass is 9.86. The largest absolute Gasteiger partial charge is 0.367 e. The van der Waals surface area contributed by atoms with Crippen LogP contribution < -0.4 is 4.90 Å². The molecule has 3 atom stereocenters. The first kappa shape index (κ1) is 13.2. The average molecular weight is 293 g/mol. The number of benzene rings is 2. The Kier molecular flexibility index (Phi) is 3.05. The fraction of sp³-hybridized carbons (Fsp3) is 0.222. The molecule has 4 nitrogen and oxygen atoms in total. The molecule has 2 aromatic carbocycles. The van der Waals surface area contributed by atoms with Crippen LogP contribution in [0.15, 0.2) is 60.7 Å². The maximum Gasteiger partial charge on any atom is 0.263 e. The Balaban J connectivity index is 1.70. The number of hydrogen-bond acceptors (Lipinski definition) is 3. The second kappa shape index (κ2) is 5.07. The molecule has 2 aromatic rings. The summed E-state index contributed by atoms with van der Waals surface area (Å²) in [7, 11) is 0. The van der Waals surface area contributed by atoms with Crippen molar-refractivity contribution in [3.05, 3.63) is 66.2 Å². The van der Waals surface area contributed by atoms with Gasteiger partial charge in [0.15, 0.2) is 0 Å². The van der Waals surface area contributed by atoms with Crippen LogP contribution in [-0.2, 0) is 14.3 Å². The quantitative estimate of drug-likeness (QED) is 0.799. The number of carbonyl (C=O) groups excluding carboxylic acids is 2. The third-order valence-electron chi connectivity index (χ3n) is 4.43. The van der Waals surface area contributed by atoms with Crippen LogP contribution in [0.1, 0.15) is 11.5 Å². The van der Waals surface area contributed by atoms with Gasteiger partial charge in [0.25, 0.3) is 5.91 Å². The van der Waals surface area contributed by atoms with E-state index in [1.165, 1.54) is 4.90 Å². The van der Waals surface area contributed by atoms with Crippen molar-refractivity contribution in [2.45, 2.75) is 12.0 Å². The standard InChI is InChI=1S/C18H15NO3/c20-17-15-14(12-7-3-1-4-8-12)11-22-16(15)18(21)19(17)13-9-5-2-6-10-13/h1-10,14-16H,11H2/t14-,15-,16+/m0/s1. The zero-order chi connectivity index (χ0) is 15.1. The second-order valence-electron chi connectivity index (χ2n) is 5.64. The molecular formula is C18H15NO3. The van der Waals surface area contributed by atoms with Crippen LogP contribution in [0.4, 0.5) is 5.69 Å². The summed E-state index contributed by atoms with van der Waals surface area (Å²) >= 11 is 0. The molecule has 4 rings (SSSR count). The number of ether oxygens (including phenoxy) is 1. The van der Waals surface area contributed by atoms with Gasteiger partial charge in [-0.2, -0.15) is 0 Å². The van der Waals surface area contributed by atoms with Gasteiger partial charge < -0.3 is 4.74 Å². The van der Waals surface area contributed by atoms with Crippen LogP contribution >= 0.6 is 0 Å². The Morgan fingerprint density at radius 1 is 0.864 bits per heavy atom. The number of nitrogens with zero attached hydrogens (tertiary/aromatic N) is 1. The first-order valence-electron chi connectivity index (χ1n) is 7.37. The lowest BCUT2D eigenvalue weighted by Gasteiger charge is -2.18. The number of amides is 2. The molecule has 2 aliphatic rings. The monoisotopic (exact) mass is 293 g/mol. The Bertz CT molecular complexity index is 714. The molecule has 110 valence electrons. The highest BCUT2D eigenvalue weighted by atomic mass is 16.5. The molecule has 0 N–H and O–H groups in total. The minimum Gasteiger partial charge on any atom is -0.367 e. The summed E-state index contributed by atoms with van der Waals surface area (Å²) in [5.74, 6) is -0.890. The highest BCUT2D eigenvalue weighted by Gasteiger charge is 2.56. The van der Waals surface area contributed by atoms with Crippen LogP contribution in [0, 0.1) is 5.92 Å². The molecule has 2 fully saturated rings. The van der Waals surface area contributed by atoms with E-state index in [-0.39, 0.29) is 17.7 Å². The first-order chi connectivity index (χ1) is 10.8. The van der Waals surface area contributed by atoms with Gasteiger partial charge in [0.05, 0.1) is 18.2 Å². The predicted octanol–water partition coefficient (Wildman–Crippen LogP) is 2.36. The summed E-state index contributed by atoms with van der Waals surface area (Å²) in [6, 6.07) is 18.8. The summed E-state index contributed by atoms with van der Waals surface area (Å²) in [4.78, 5) is 26.6. The molecule has 2 amide bonds. The molecule has 2 saturated heterocycles. The molecular weight excluding hydrogens is 278 g/mol. The molecule has 0 bridgehead atoms. The highest BCUT2D eigenvalue weighted by molar-refractivity contribution is 6.23. The number of rotatable bonds is 2. The molecule has 0 aliphatic carbocycles. The van der Waals surface area contributed by atoms with Gasteiger partial charge in [0.1, 0.15) is 6.10 Å². The molecule has 0 radical (unpaired) electrons. The van der Waals surface area contributed by atoms with E-state index in [0.717, 1.165) is 5.56 Å². The molecule has 0 spiro atoms. The van der Waals surface area contributed by atoms with Crippen LogP contribution in [0.25, 0.3) is 0 Å². The predicted molar refractivity (Wildman–Crippen MR) is 81.3 cm³/mol.